The Morgan fingerprint density at radius 1 is 1.24 bits per heavy atom. The van der Waals surface area contributed by atoms with Crippen molar-refractivity contribution in [1.29, 1.82) is 0 Å². The minimum Gasteiger partial charge on any atom is -0.453 e. The van der Waals surface area contributed by atoms with Crippen molar-refractivity contribution in [3.8, 4) is 0 Å². The van der Waals surface area contributed by atoms with Crippen LogP contribution >= 0.6 is 0 Å². The Hall–Kier alpha value is -2.09. The summed E-state index contributed by atoms with van der Waals surface area (Å²) in [5, 5.41) is 0. The van der Waals surface area contributed by atoms with E-state index >= 15 is 0 Å². The fourth-order valence-corrected chi connectivity index (χ4v) is 2.19. The summed E-state index contributed by atoms with van der Waals surface area (Å²) in [4.78, 5) is 12.3. The van der Waals surface area contributed by atoms with Crippen LogP contribution in [0, 0.1) is 5.92 Å². The van der Waals surface area contributed by atoms with Crippen molar-refractivity contribution >= 4 is 5.78 Å². The maximum Gasteiger partial charge on any atom is 0.231 e. The van der Waals surface area contributed by atoms with E-state index in [1.165, 1.54) is 0 Å². The molecule has 0 aromatic heterocycles. The van der Waals surface area contributed by atoms with Gasteiger partial charge in [0, 0.05) is 0 Å². The molecule has 0 radical (unpaired) electrons. The number of carbonyl (C=O) groups is 1. The smallest absolute Gasteiger partial charge is 0.231 e. The molecule has 0 aromatic rings. The van der Waals surface area contributed by atoms with Gasteiger partial charge in [-0.2, -0.15) is 0 Å². The van der Waals surface area contributed by atoms with E-state index in [0.717, 1.165) is 19.3 Å². The average Bonchev–Trinajstić information content (AvgIpc) is 2.71. The van der Waals surface area contributed by atoms with Gasteiger partial charge >= 0.3 is 0 Å². The summed E-state index contributed by atoms with van der Waals surface area (Å²) in [5.74, 6) is 1.25. The Kier molecular flexibility index (Phi) is 5.56. The van der Waals surface area contributed by atoms with E-state index in [0.29, 0.717) is 17.1 Å². The average molecular weight is 282 g/mol. The molecule has 0 N–H and O–H groups in total. The van der Waals surface area contributed by atoms with Gasteiger partial charge in [-0.15, -0.1) is 0 Å². The highest BCUT2D eigenvalue weighted by Gasteiger charge is 2.27. The van der Waals surface area contributed by atoms with Gasteiger partial charge in [-0.1, -0.05) is 56.4 Å². The number of ether oxygens (including phenoxy) is 1. The van der Waals surface area contributed by atoms with E-state index in [4.69, 9.17) is 4.74 Å². The Balaban J connectivity index is 2.10. The lowest BCUT2D eigenvalue weighted by atomic mass is 10.0. The van der Waals surface area contributed by atoms with Crippen LogP contribution in [0.15, 0.2) is 71.8 Å². The zero-order valence-electron chi connectivity index (χ0n) is 12.7. The van der Waals surface area contributed by atoms with E-state index in [2.05, 4.69) is 19.1 Å². The number of hydrogen-bond acceptors (Lipinski definition) is 2. The van der Waals surface area contributed by atoms with Gasteiger partial charge in [0.05, 0.1) is 5.57 Å². The summed E-state index contributed by atoms with van der Waals surface area (Å²) in [6, 6.07) is 0. The van der Waals surface area contributed by atoms with Crippen molar-refractivity contribution in [3.63, 3.8) is 0 Å². The molecule has 21 heavy (non-hydrogen) atoms. The molecule has 0 amide bonds. The first-order valence-electron chi connectivity index (χ1n) is 7.57. The summed E-state index contributed by atoms with van der Waals surface area (Å²) in [6.07, 6.45) is 20.9. The summed E-state index contributed by atoms with van der Waals surface area (Å²) in [6.45, 7) is 4.14. The Morgan fingerprint density at radius 2 is 2.00 bits per heavy atom. The molecule has 2 heteroatoms. The van der Waals surface area contributed by atoms with Crippen LogP contribution in [0.2, 0.25) is 0 Å². The number of hydrogen-bond donors (Lipinski definition) is 0. The molecule has 2 nitrogen and oxygen atoms in total. The second kappa shape index (κ2) is 7.63. The Bertz CT molecular complexity index is 568. The van der Waals surface area contributed by atoms with Gasteiger partial charge in [0.2, 0.25) is 5.78 Å². The number of Topliss-reactive ketones (excluding diaryl/α,β-unsaturated/α-hetero) is 1. The van der Waals surface area contributed by atoms with Gasteiger partial charge in [0.15, 0.2) is 5.76 Å². The van der Waals surface area contributed by atoms with Gasteiger partial charge in [-0.05, 0) is 37.3 Å². The number of rotatable bonds is 4. The van der Waals surface area contributed by atoms with Gasteiger partial charge in [0.1, 0.15) is 5.76 Å². The summed E-state index contributed by atoms with van der Waals surface area (Å²) in [5.41, 5.74) is 0.666. The quantitative estimate of drug-likeness (QED) is 0.547. The monoisotopic (exact) mass is 282 g/mol. The van der Waals surface area contributed by atoms with Crippen molar-refractivity contribution in [2.24, 2.45) is 5.92 Å². The van der Waals surface area contributed by atoms with Crippen molar-refractivity contribution < 1.29 is 9.53 Å². The second-order valence-electron chi connectivity index (χ2n) is 5.20. The fraction of sp³-hybridized carbons (Fsp3) is 0.316. The molecule has 2 rings (SSSR count). The molecule has 0 fully saturated rings. The van der Waals surface area contributed by atoms with Crippen LogP contribution in [0.4, 0.5) is 0 Å². The topological polar surface area (TPSA) is 26.3 Å². The van der Waals surface area contributed by atoms with E-state index in [1.54, 1.807) is 0 Å². The molecule has 1 atom stereocenters. The minimum absolute atomic E-state index is 0.0165. The van der Waals surface area contributed by atoms with Gasteiger partial charge < -0.3 is 4.74 Å². The first kappa shape index (κ1) is 15.3. The van der Waals surface area contributed by atoms with Crippen LogP contribution in [-0.4, -0.2) is 5.78 Å². The highest BCUT2D eigenvalue weighted by atomic mass is 16.5. The lowest BCUT2D eigenvalue weighted by Crippen LogP contribution is -2.00. The standard InChI is InChI=1S/C19H22O2/c1-3-4-5-8-11-15(2)14-18-19(20)16-12-9-6-7-10-13-17(16)21-18/h4-5,8-15H,3,6-7H2,1-2H3/b5-4-,11-8-,12-9-,13-10-,18-14-. The number of carbonyl (C=O) groups excluding carboxylic acids is 1. The molecule has 2 aliphatic rings. The lowest BCUT2D eigenvalue weighted by Gasteiger charge is -2.02. The van der Waals surface area contributed by atoms with Crippen molar-refractivity contribution in [2.75, 3.05) is 0 Å². The molecule has 0 spiro atoms. The maximum absolute atomic E-state index is 12.3. The maximum atomic E-state index is 12.3. The molecule has 0 saturated carbocycles. The third-order valence-electron chi connectivity index (χ3n) is 3.32. The molecule has 1 heterocycles. The summed E-state index contributed by atoms with van der Waals surface area (Å²) < 4.78 is 5.71. The largest absolute Gasteiger partial charge is 0.453 e. The highest BCUT2D eigenvalue weighted by molar-refractivity contribution is 6.11. The van der Waals surface area contributed by atoms with Crippen LogP contribution in [-0.2, 0) is 9.53 Å². The Labute approximate surface area is 126 Å². The van der Waals surface area contributed by atoms with E-state index < -0.39 is 0 Å². The first-order chi connectivity index (χ1) is 10.2. The van der Waals surface area contributed by atoms with Crippen LogP contribution in [0.5, 0.6) is 0 Å². The van der Waals surface area contributed by atoms with E-state index in [1.807, 2.05) is 49.5 Å². The predicted molar refractivity (Wildman–Crippen MR) is 86.5 cm³/mol. The van der Waals surface area contributed by atoms with Gasteiger partial charge in [0.25, 0.3) is 0 Å². The molecule has 1 aliphatic heterocycles. The Morgan fingerprint density at radius 3 is 2.76 bits per heavy atom. The predicted octanol–water partition coefficient (Wildman–Crippen LogP) is 4.79. The first-order valence-corrected chi connectivity index (χ1v) is 7.57. The van der Waals surface area contributed by atoms with E-state index in [-0.39, 0.29) is 11.7 Å². The summed E-state index contributed by atoms with van der Waals surface area (Å²) in [7, 11) is 0. The molecular formula is C19H22O2. The third-order valence-corrected chi connectivity index (χ3v) is 3.32. The highest BCUT2D eigenvalue weighted by Crippen LogP contribution is 2.29. The van der Waals surface area contributed by atoms with Crippen molar-refractivity contribution in [1.82, 2.24) is 0 Å². The van der Waals surface area contributed by atoms with Crippen LogP contribution in [0.25, 0.3) is 0 Å². The normalized spacial score (nSPS) is 25.0. The number of ketones is 1. The fourth-order valence-electron chi connectivity index (χ4n) is 2.19. The summed E-state index contributed by atoms with van der Waals surface area (Å²) >= 11 is 0. The zero-order valence-corrected chi connectivity index (χ0v) is 12.7. The molecular weight excluding hydrogens is 260 g/mol. The number of allylic oxidation sites excluding steroid dienone is 10. The molecule has 0 aromatic carbocycles. The third kappa shape index (κ3) is 4.19. The molecule has 1 unspecified atom stereocenters. The molecule has 0 bridgehead atoms. The minimum atomic E-state index is -0.0165. The molecule has 1 aliphatic carbocycles. The zero-order chi connectivity index (χ0) is 15.1. The lowest BCUT2D eigenvalue weighted by molar-refractivity contribution is -0.113. The van der Waals surface area contributed by atoms with Crippen LogP contribution in [0.3, 0.4) is 0 Å². The van der Waals surface area contributed by atoms with Crippen molar-refractivity contribution in [2.45, 2.75) is 33.1 Å². The van der Waals surface area contributed by atoms with Crippen LogP contribution < -0.4 is 0 Å². The van der Waals surface area contributed by atoms with Gasteiger partial charge in [-0.25, -0.2) is 0 Å². The molecule has 110 valence electrons. The molecule has 0 saturated heterocycles. The van der Waals surface area contributed by atoms with Crippen LogP contribution in [0.1, 0.15) is 33.1 Å². The SMILES string of the molecule is CC/C=C\C=C/C(C)/C=C1\OC2=C(/C=C\CC/C=C\2)C1=O. The van der Waals surface area contributed by atoms with Crippen molar-refractivity contribution in [3.05, 3.63) is 71.8 Å². The van der Waals surface area contributed by atoms with E-state index in [9.17, 15) is 4.79 Å². The second-order valence-corrected chi connectivity index (χ2v) is 5.20. The van der Waals surface area contributed by atoms with Gasteiger partial charge in [-0.3, -0.25) is 4.79 Å².